The molecule has 0 saturated carbocycles. The standard InChI is InChI=1S/C25H30N2O3/c1-18(2)26-24(28)20-13-15-27(16-14-20)25(29)22(19-9-5-4-6-10-19)17-21-11-7-8-12-23(21)30-3/h4-12,17-18,20H,13-16H2,1-3H3,(H,26,28)/b22-17+. The van der Waals surface area contributed by atoms with Gasteiger partial charge in [-0.1, -0.05) is 48.5 Å². The third-order valence-electron chi connectivity index (χ3n) is 5.34. The molecule has 0 unspecified atom stereocenters. The molecule has 30 heavy (non-hydrogen) atoms. The van der Waals surface area contributed by atoms with Crippen molar-refractivity contribution in [3.63, 3.8) is 0 Å². The second kappa shape index (κ2) is 10.1. The number of ether oxygens (including phenoxy) is 1. The van der Waals surface area contributed by atoms with Crippen LogP contribution in [0.15, 0.2) is 54.6 Å². The Bertz CT molecular complexity index is 898. The third kappa shape index (κ3) is 5.29. The summed E-state index contributed by atoms with van der Waals surface area (Å²) >= 11 is 0. The van der Waals surface area contributed by atoms with E-state index in [1.54, 1.807) is 7.11 Å². The number of nitrogens with zero attached hydrogens (tertiary/aromatic N) is 1. The Kier molecular flexibility index (Phi) is 7.28. The number of nitrogens with one attached hydrogen (secondary N) is 1. The van der Waals surface area contributed by atoms with E-state index in [0.717, 1.165) is 16.9 Å². The molecule has 158 valence electrons. The number of para-hydroxylation sites is 1. The first-order valence-electron chi connectivity index (χ1n) is 10.5. The van der Waals surface area contributed by atoms with Crippen molar-refractivity contribution < 1.29 is 14.3 Å². The van der Waals surface area contributed by atoms with Crippen LogP contribution in [-0.2, 0) is 9.59 Å². The molecule has 1 saturated heterocycles. The van der Waals surface area contributed by atoms with Crippen LogP contribution >= 0.6 is 0 Å². The van der Waals surface area contributed by atoms with Gasteiger partial charge in [0.1, 0.15) is 5.75 Å². The maximum Gasteiger partial charge on any atom is 0.254 e. The number of hydrogen-bond donors (Lipinski definition) is 1. The lowest BCUT2D eigenvalue weighted by atomic mass is 9.94. The summed E-state index contributed by atoms with van der Waals surface area (Å²) in [7, 11) is 1.63. The van der Waals surface area contributed by atoms with Crippen LogP contribution < -0.4 is 10.1 Å². The Morgan fingerprint density at radius 3 is 2.30 bits per heavy atom. The second-order valence-electron chi connectivity index (χ2n) is 7.90. The number of carbonyl (C=O) groups excluding carboxylic acids is 2. The van der Waals surface area contributed by atoms with Crippen molar-refractivity contribution in [2.24, 2.45) is 5.92 Å². The average Bonchev–Trinajstić information content (AvgIpc) is 2.77. The molecule has 2 aromatic carbocycles. The Morgan fingerprint density at radius 1 is 1.03 bits per heavy atom. The lowest BCUT2D eigenvalue weighted by molar-refractivity contribution is -0.131. The van der Waals surface area contributed by atoms with E-state index in [2.05, 4.69) is 5.32 Å². The zero-order valence-electron chi connectivity index (χ0n) is 17.9. The van der Waals surface area contributed by atoms with Crippen molar-refractivity contribution in [1.29, 1.82) is 0 Å². The Morgan fingerprint density at radius 2 is 1.67 bits per heavy atom. The van der Waals surface area contributed by atoms with Gasteiger partial charge in [-0.15, -0.1) is 0 Å². The summed E-state index contributed by atoms with van der Waals surface area (Å²) in [5.41, 5.74) is 2.36. The molecule has 1 aliphatic heterocycles. The largest absolute Gasteiger partial charge is 0.496 e. The number of carbonyl (C=O) groups is 2. The van der Waals surface area contributed by atoms with Gasteiger partial charge in [0.2, 0.25) is 5.91 Å². The molecule has 0 atom stereocenters. The number of likely N-dealkylation sites (tertiary alicyclic amines) is 1. The second-order valence-corrected chi connectivity index (χ2v) is 7.90. The number of rotatable bonds is 6. The lowest BCUT2D eigenvalue weighted by Gasteiger charge is -2.32. The highest BCUT2D eigenvalue weighted by molar-refractivity contribution is 6.24. The molecule has 1 fully saturated rings. The molecule has 0 spiro atoms. The molecule has 1 N–H and O–H groups in total. The van der Waals surface area contributed by atoms with E-state index in [-0.39, 0.29) is 23.8 Å². The summed E-state index contributed by atoms with van der Waals surface area (Å²) < 4.78 is 5.47. The van der Waals surface area contributed by atoms with Gasteiger partial charge in [0.05, 0.1) is 7.11 Å². The summed E-state index contributed by atoms with van der Waals surface area (Å²) in [5, 5.41) is 2.98. The maximum atomic E-state index is 13.5. The summed E-state index contributed by atoms with van der Waals surface area (Å²) in [5.74, 6) is 0.761. The fourth-order valence-electron chi connectivity index (χ4n) is 3.74. The number of piperidine rings is 1. The van der Waals surface area contributed by atoms with Crippen LogP contribution in [0.2, 0.25) is 0 Å². The maximum absolute atomic E-state index is 13.5. The van der Waals surface area contributed by atoms with Crippen molar-refractivity contribution in [2.75, 3.05) is 20.2 Å². The normalized spacial score (nSPS) is 15.2. The van der Waals surface area contributed by atoms with Crippen LogP contribution in [0.25, 0.3) is 11.6 Å². The van der Waals surface area contributed by atoms with Crippen molar-refractivity contribution in [3.05, 3.63) is 65.7 Å². The van der Waals surface area contributed by atoms with Crippen LogP contribution in [0.3, 0.4) is 0 Å². The van der Waals surface area contributed by atoms with Gasteiger partial charge in [0.25, 0.3) is 5.91 Å². The van der Waals surface area contributed by atoms with Crippen molar-refractivity contribution >= 4 is 23.5 Å². The summed E-state index contributed by atoms with van der Waals surface area (Å²) in [6.07, 6.45) is 3.26. The minimum Gasteiger partial charge on any atom is -0.496 e. The van der Waals surface area contributed by atoms with Gasteiger partial charge in [-0.25, -0.2) is 0 Å². The molecule has 0 bridgehead atoms. The molecule has 0 radical (unpaired) electrons. The highest BCUT2D eigenvalue weighted by atomic mass is 16.5. The van der Waals surface area contributed by atoms with Gasteiger partial charge >= 0.3 is 0 Å². The first-order valence-corrected chi connectivity index (χ1v) is 10.5. The minimum atomic E-state index is -0.0326. The van der Waals surface area contributed by atoms with Gasteiger partial charge in [-0.3, -0.25) is 9.59 Å². The highest BCUT2D eigenvalue weighted by Crippen LogP contribution is 2.28. The topological polar surface area (TPSA) is 58.6 Å². The number of hydrogen-bond acceptors (Lipinski definition) is 3. The van der Waals surface area contributed by atoms with Crippen LogP contribution in [-0.4, -0.2) is 43.0 Å². The van der Waals surface area contributed by atoms with Crippen molar-refractivity contribution in [3.8, 4) is 5.75 Å². The summed E-state index contributed by atoms with van der Waals surface area (Å²) in [4.78, 5) is 27.6. The van der Waals surface area contributed by atoms with Gasteiger partial charge in [0.15, 0.2) is 0 Å². The van der Waals surface area contributed by atoms with Crippen LogP contribution in [0.4, 0.5) is 0 Å². The fraction of sp³-hybridized carbons (Fsp3) is 0.360. The number of amides is 2. The Hall–Kier alpha value is -3.08. The molecule has 5 nitrogen and oxygen atoms in total. The molecule has 0 aliphatic carbocycles. The summed E-state index contributed by atoms with van der Waals surface area (Å²) in [6, 6.07) is 17.5. The monoisotopic (exact) mass is 406 g/mol. The molecule has 2 aromatic rings. The van der Waals surface area contributed by atoms with E-state index in [0.29, 0.717) is 31.5 Å². The first kappa shape index (κ1) is 21.6. The zero-order chi connectivity index (χ0) is 21.5. The molecule has 3 rings (SSSR count). The van der Waals surface area contributed by atoms with E-state index < -0.39 is 0 Å². The SMILES string of the molecule is COc1ccccc1/C=C(/C(=O)N1CCC(C(=O)NC(C)C)CC1)c1ccccc1. The molecule has 1 aliphatic rings. The predicted molar refractivity (Wildman–Crippen MR) is 120 cm³/mol. The molecular weight excluding hydrogens is 376 g/mol. The minimum absolute atomic E-state index is 0.0187. The van der Waals surface area contributed by atoms with Crippen molar-refractivity contribution in [1.82, 2.24) is 10.2 Å². The van der Waals surface area contributed by atoms with Gasteiger partial charge in [-0.2, -0.15) is 0 Å². The number of benzene rings is 2. The van der Waals surface area contributed by atoms with Gasteiger partial charge in [0, 0.05) is 36.2 Å². The van der Waals surface area contributed by atoms with Crippen molar-refractivity contribution in [2.45, 2.75) is 32.7 Å². The van der Waals surface area contributed by atoms with E-state index in [4.69, 9.17) is 4.74 Å². The highest BCUT2D eigenvalue weighted by Gasteiger charge is 2.29. The number of methoxy groups -OCH3 is 1. The Labute approximate surface area is 178 Å². The van der Waals surface area contributed by atoms with Crippen LogP contribution in [0, 0.1) is 5.92 Å². The molecule has 5 heteroatoms. The van der Waals surface area contributed by atoms with E-state index in [1.165, 1.54) is 0 Å². The van der Waals surface area contributed by atoms with Gasteiger partial charge in [-0.05, 0) is 44.4 Å². The van der Waals surface area contributed by atoms with Gasteiger partial charge < -0.3 is 15.0 Å². The quantitative estimate of drug-likeness (QED) is 0.583. The molecule has 0 aromatic heterocycles. The lowest BCUT2D eigenvalue weighted by Crippen LogP contribution is -2.44. The molecular formula is C25H30N2O3. The van der Waals surface area contributed by atoms with Crippen LogP contribution in [0.1, 0.15) is 37.8 Å². The molecule has 1 heterocycles. The van der Waals surface area contributed by atoms with E-state index >= 15 is 0 Å². The third-order valence-corrected chi connectivity index (χ3v) is 5.34. The fourth-order valence-corrected chi connectivity index (χ4v) is 3.74. The van der Waals surface area contributed by atoms with E-state index in [1.807, 2.05) is 79.4 Å². The van der Waals surface area contributed by atoms with E-state index in [9.17, 15) is 9.59 Å². The molecule has 2 amide bonds. The first-order chi connectivity index (χ1) is 14.5. The Balaban J connectivity index is 1.82. The predicted octanol–water partition coefficient (Wildman–Crippen LogP) is 4.00. The average molecular weight is 407 g/mol. The summed E-state index contributed by atoms with van der Waals surface area (Å²) in [6.45, 7) is 5.08. The van der Waals surface area contributed by atoms with Crippen LogP contribution in [0.5, 0.6) is 5.75 Å². The smallest absolute Gasteiger partial charge is 0.254 e. The zero-order valence-corrected chi connectivity index (χ0v) is 17.9.